The number of rotatable bonds is 1. The average molecular weight is 260 g/mol. The Morgan fingerprint density at radius 2 is 2.33 bits per heavy atom. The number of thiophene rings is 1. The molecule has 18 heavy (non-hydrogen) atoms. The normalized spacial score (nSPS) is 13.9. The summed E-state index contributed by atoms with van der Waals surface area (Å²) in [5.74, 6) is 0.739. The van der Waals surface area contributed by atoms with E-state index in [4.69, 9.17) is 4.74 Å². The lowest BCUT2D eigenvalue weighted by molar-refractivity contribution is 0.0980. The van der Waals surface area contributed by atoms with Crippen LogP contribution in [0.4, 0.5) is 5.69 Å². The third-order valence-electron chi connectivity index (χ3n) is 2.82. The van der Waals surface area contributed by atoms with Crippen molar-refractivity contribution in [2.24, 2.45) is 0 Å². The van der Waals surface area contributed by atoms with E-state index in [2.05, 4.69) is 4.98 Å². The van der Waals surface area contributed by atoms with Gasteiger partial charge in [0.25, 0.3) is 5.91 Å². The Bertz CT molecular complexity index is 594. The average Bonchev–Trinajstić information content (AvgIpc) is 2.84. The van der Waals surface area contributed by atoms with Gasteiger partial charge in [-0.15, -0.1) is 11.3 Å². The lowest BCUT2D eigenvalue weighted by Crippen LogP contribution is -2.37. The lowest BCUT2D eigenvalue weighted by atomic mass is 10.2. The molecule has 1 aliphatic rings. The number of hydrogen-bond donors (Lipinski definition) is 0. The summed E-state index contributed by atoms with van der Waals surface area (Å²) >= 11 is 1.51. The molecule has 0 fully saturated rings. The standard InChI is InChI=1S/C13H12N2O2S/c1-9-2-3-12(18-9)13(16)15-6-7-17-11-4-5-14-8-10(11)15/h2-5,8H,6-7H2,1H3. The first-order valence-corrected chi connectivity index (χ1v) is 6.52. The molecule has 3 heterocycles. The Hall–Kier alpha value is -1.88. The van der Waals surface area contributed by atoms with Crippen molar-refractivity contribution in [1.29, 1.82) is 0 Å². The maximum Gasteiger partial charge on any atom is 0.268 e. The van der Waals surface area contributed by atoms with Crippen LogP contribution < -0.4 is 9.64 Å². The Labute approximate surface area is 109 Å². The summed E-state index contributed by atoms with van der Waals surface area (Å²) in [6.07, 6.45) is 3.34. The lowest BCUT2D eigenvalue weighted by Gasteiger charge is -2.28. The summed E-state index contributed by atoms with van der Waals surface area (Å²) in [5.41, 5.74) is 0.750. The second kappa shape index (κ2) is 4.42. The number of amides is 1. The first-order chi connectivity index (χ1) is 8.75. The molecule has 2 aromatic heterocycles. The van der Waals surface area contributed by atoms with E-state index in [0.717, 1.165) is 21.2 Å². The highest BCUT2D eigenvalue weighted by molar-refractivity contribution is 7.14. The number of carbonyl (C=O) groups excluding carboxylic acids is 1. The molecule has 1 amide bonds. The summed E-state index contributed by atoms with van der Waals surface area (Å²) in [5, 5.41) is 0. The Morgan fingerprint density at radius 1 is 1.44 bits per heavy atom. The number of carbonyl (C=O) groups is 1. The van der Waals surface area contributed by atoms with E-state index in [1.807, 2.05) is 19.1 Å². The molecule has 0 unspecified atom stereocenters. The molecule has 0 saturated heterocycles. The van der Waals surface area contributed by atoms with Crippen LogP contribution in [0.15, 0.2) is 30.6 Å². The van der Waals surface area contributed by atoms with Crippen molar-refractivity contribution in [2.75, 3.05) is 18.1 Å². The van der Waals surface area contributed by atoms with Crippen LogP contribution in [0.2, 0.25) is 0 Å². The first kappa shape index (κ1) is 11.2. The molecule has 4 nitrogen and oxygen atoms in total. The fourth-order valence-corrected chi connectivity index (χ4v) is 2.78. The predicted octanol–water partition coefficient (Wildman–Crippen LogP) is 2.49. The molecule has 0 spiro atoms. The fourth-order valence-electron chi connectivity index (χ4n) is 1.96. The van der Waals surface area contributed by atoms with Gasteiger partial charge in [0.2, 0.25) is 0 Å². The maximum absolute atomic E-state index is 12.4. The number of aryl methyl sites for hydroxylation is 1. The minimum Gasteiger partial charge on any atom is -0.489 e. The van der Waals surface area contributed by atoms with E-state index in [-0.39, 0.29) is 5.91 Å². The molecule has 5 heteroatoms. The number of pyridine rings is 1. The third kappa shape index (κ3) is 1.86. The van der Waals surface area contributed by atoms with E-state index < -0.39 is 0 Å². The molecule has 1 aliphatic heterocycles. The van der Waals surface area contributed by atoms with Gasteiger partial charge in [-0.3, -0.25) is 14.7 Å². The molecular weight excluding hydrogens is 248 g/mol. The van der Waals surface area contributed by atoms with E-state index in [1.165, 1.54) is 11.3 Å². The van der Waals surface area contributed by atoms with Crippen LogP contribution in [0.5, 0.6) is 5.75 Å². The number of fused-ring (bicyclic) bond motifs is 1. The second-order valence-electron chi connectivity index (χ2n) is 4.06. The number of aromatic nitrogens is 1. The van der Waals surface area contributed by atoms with Gasteiger partial charge in [-0.05, 0) is 19.1 Å². The van der Waals surface area contributed by atoms with Crippen molar-refractivity contribution in [3.63, 3.8) is 0 Å². The molecule has 0 atom stereocenters. The minimum absolute atomic E-state index is 0.0191. The molecule has 0 radical (unpaired) electrons. The third-order valence-corrected chi connectivity index (χ3v) is 3.81. The summed E-state index contributed by atoms with van der Waals surface area (Å²) in [6.45, 7) is 3.08. The van der Waals surface area contributed by atoms with Gasteiger partial charge in [0, 0.05) is 17.1 Å². The van der Waals surface area contributed by atoms with Crippen molar-refractivity contribution >= 4 is 22.9 Å². The summed E-state index contributed by atoms with van der Waals surface area (Å²) in [4.78, 5) is 20.1. The highest BCUT2D eigenvalue weighted by Gasteiger charge is 2.25. The van der Waals surface area contributed by atoms with Gasteiger partial charge in [-0.25, -0.2) is 0 Å². The van der Waals surface area contributed by atoms with Gasteiger partial charge in [0.1, 0.15) is 18.0 Å². The minimum atomic E-state index is 0.0191. The van der Waals surface area contributed by atoms with Crippen LogP contribution in [-0.4, -0.2) is 24.0 Å². The van der Waals surface area contributed by atoms with Crippen LogP contribution in [-0.2, 0) is 0 Å². The fraction of sp³-hybridized carbons (Fsp3) is 0.231. The summed E-state index contributed by atoms with van der Waals surface area (Å²) in [7, 11) is 0. The zero-order valence-electron chi connectivity index (χ0n) is 9.92. The molecule has 3 rings (SSSR count). The highest BCUT2D eigenvalue weighted by atomic mass is 32.1. The Morgan fingerprint density at radius 3 is 3.11 bits per heavy atom. The van der Waals surface area contributed by atoms with E-state index in [9.17, 15) is 4.79 Å². The number of ether oxygens (including phenoxy) is 1. The Balaban J connectivity index is 1.96. The zero-order valence-corrected chi connectivity index (χ0v) is 10.7. The van der Waals surface area contributed by atoms with Crippen molar-refractivity contribution in [2.45, 2.75) is 6.92 Å². The highest BCUT2D eigenvalue weighted by Crippen LogP contribution is 2.31. The van der Waals surface area contributed by atoms with Gasteiger partial charge < -0.3 is 4.74 Å². The summed E-state index contributed by atoms with van der Waals surface area (Å²) < 4.78 is 5.51. The van der Waals surface area contributed by atoms with Crippen LogP contribution in [0.25, 0.3) is 0 Å². The monoisotopic (exact) mass is 260 g/mol. The molecule has 0 bridgehead atoms. The maximum atomic E-state index is 12.4. The quantitative estimate of drug-likeness (QED) is 0.791. The van der Waals surface area contributed by atoms with Crippen molar-refractivity contribution in [1.82, 2.24) is 4.98 Å². The molecule has 92 valence electrons. The van der Waals surface area contributed by atoms with E-state index in [1.54, 1.807) is 23.4 Å². The Kier molecular flexibility index (Phi) is 2.76. The zero-order chi connectivity index (χ0) is 12.5. The van der Waals surface area contributed by atoms with E-state index >= 15 is 0 Å². The smallest absolute Gasteiger partial charge is 0.268 e. The van der Waals surface area contributed by atoms with Gasteiger partial charge in [0.15, 0.2) is 0 Å². The van der Waals surface area contributed by atoms with E-state index in [0.29, 0.717) is 13.2 Å². The molecule has 0 N–H and O–H groups in total. The molecule has 0 saturated carbocycles. The van der Waals surface area contributed by atoms with Gasteiger partial charge >= 0.3 is 0 Å². The van der Waals surface area contributed by atoms with Crippen molar-refractivity contribution in [3.8, 4) is 5.75 Å². The van der Waals surface area contributed by atoms with Gasteiger partial charge in [-0.2, -0.15) is 0 Å². The van der Waals surface area contributed by atoms with Crippen molar-refractivity contribution < 1.29 is 9.53 Å². The van der Waals surface area contributed by atoms with Gasteiger partial charge in [0.05, 0.1) is 17.6 Å². The number of hydrogen-bond acceptors (Lipinski definition) is 4. The second-order valence-corrected chi connectivity index (χ2v) is 5.35. The molecule has 0 aromatic carbocycles. The molecule has 0 aliphatic carbocycles. The van der Waals surface area contributed by atoms with Crippen LogP contribution in [0, 0.1) is 6.92 Å². The first-order valence-electron chi connectivity index (χ1n) is 5.71. The predicted molar refractivity (Wildman–Crippen MR) is 70.5 cm³/mol. The van der Waals surface area contributed by atoms with Crippen molar-refractivity contribution in [3.05, 3.63) is 40.3 Å². The topological polar surface area (TPSA) is 42.4 Å². The van der Waals surface area contributed by atoms with Gasteiger partial charge in [-0.1, -0.05) is 0 Å². The van der Waals surface area contributed by atoms with Crippen LogP contribution in [0.3, 0.4) is 0 Å². The number of nitrogens with zero attached hydrogens (tertiary/aromatic N) is 2. The molecular formula is C13H12N2O2S. The van der Waals surface area contributed by atoms with Crippen LogP contribution >= 0.6 is 11.3 Å². The number of anilines is 1. The summed E-state index contributed by atoms with van der Waals surface area (Å²) in [6, 6.07) is 5.62. The largest absolute Gasteiger partial charge is 0.489 e. The van der Waals surface area contributed by atoms with Crippen LogP contribution in [0.1, 0.15) is 14.5 Å². The molecule has 2 aromatic rings. The SMILES string of the molecule is Cc1ccc(C(=O)N2CCOc3ccncc32)s1.